The van der Waals surface area contributed by atoms with Crippen LogP contribution in [0.1, 0.15) is 38.7 Å². The fourth-order valence-electron chi connectivity index (χ4n) is 7.39. The Balaban J connectivity index is 1.25. The molecular formula is C51H39N. The van der Waals surface area contributed by atoms with Gasteiger partial charge in [-0.15, -0.1) is 0 Å². The van der Waals surface area contributed by atoms with Crippen LogP contribution in [0.25, 0.3) is 55.6 Å². The highest BCUT2D eigenvalue weighted by molar-refractivity contribution is 5.87. The van der Waals surface area contributed by atoms with Gasteiger partial charge in [-0.05, 0) is 115 Å². The second-order valence-corrected chi connectivity index (χ2v) is 13.5. The van der Waals surface area contributed by atoms with Crippen LogP contribution in [0, 0.1) is 0 Å². The van der Waals surface area contributed by atoms with E-state index in [1.54, 1.807) is 12.1 Å². The van der Waals surface area contributed by atoms with Crippen molar-refractivity contribution < 1.29 is 13.7 Å². The summed E-state index contributed by atoms with van der Waals surface area (Å²) < 4.78 is 86.1. The monoisotopic (exact) mass is 675 g/mol. The van der Waals surface area contributed by atoms with Crippen LogP contribution in [0.2, 0.25) is 0 Å². The summed E-state index contributed by atoms with van der Waals surface area (Å²) in [6, 6.07) is 41.2. The second kappa shape index (κ2) is 13.0. The molecular weight excluding hydrogens is 627 g/mol. The number of fused-ring (bicyclic) bond motifs is 3. The smallest absolute Gasteiger partial charge is 0.0629 e. The highest BCUT2D eigenvalue weighted by Gasteiger charge is 2.35. The Morgan fingerprint density at radius 1 is 0.365 bits per heavy atom. The maximum absolute atomic E-state index is 8.91. The van der Waals surface area contributed by atoms with E-state index in [0.717, 1.165) is 33.6 Å². The molecule has 8 aromatic carbocycles. The highest BCUT2D eigenvalue weighted by Crippen LogP contribution is 2.49. The molecule has 0 saturated heterocycles. The van der Waals surface area contributed by atoms with Crippen LogP contribution in [-0.4, -0.2) is 0 Å². The quantitative estimate of drug-likeness (QED) is 0.162. The summed E-state index contributed by atoms with van der Waals surface area (Å²) in [5.41, 5.74) is 11.1. The maximum Gasteiger partial charge on any atom is 0.0629 e. The molecule has 52 heavy (non-hydrogen) atoms. The minimum atomic E-state index is -0.539. The third-order valence-electron chi connectivity index (χ3n) is 10.0. The van der Waals surface area contributed by atoms with Gasteiger partial charge < -0.3 is 4.90 Å². The van der Waals surface area contributed by atoms with Gasteiger partial charge in [-0.1, -0.05) is 165 Å². The van der Waals surface area contributed by atoms with Crippen molar-refractivity contribution >= 4 is 17.1 Å². The molecule has 0 atom stereocenters. The molecule has 0 heterocycles. The van der Waals surface area contributed by atoms with Gasteiger partial charge in [-0.2, -0.15) is 0 Å². The van der Waals surface area contributed by atoms with E-state index in [1.165, 1.54) is 28.3 Å². The number of anilines is 3. The van der Waals surface area contributed by atoms with E-state index < -0.39 is 60.4 Å². The average Bonchev–Trinajstić information content (AvgIpc) is 3.52. The molecule has 0 bridgehead atoms. The van der Waals surface area contributed by atoms with Gasteiger partial charge in [-0.3, -0.25) is 0 Å². The maximum atomic E-state index is 8.91. The molecule has 1 aliphatic rings. The molecule has 0 spiro atoms. The molecule has 0 N–H and O–H groups in total. The molecule has 0 radical (unpaired) electrons. The summed E-state index contributed by atoms with van der Waals surface area (Å²) in [4.78, 5) is 1.96. The first-order valence-corrected chi connectivity index (χ1v) is 17.3. The van der Waals surface area contributed by atoms with Gasteiger partial charge in [0, 0.05) is 22.5 Å². The number of rotatable bonds is 7. The summed E-state index contributed by atoms with van der Waals surface area (Å²) in [5, 5.41) is 0. The van der Waals surface area contributed by atoms with Gasteiger partial charge in [0.2, 0.25) is 0 Å². The van der Waals surface area contributed by atoms with Crippen LogP contribution < -0.4 is 4.90 Å². The molecule has 0 fully saturated rings. The van der Waals surface area contributed by atoms with E-state index >= 15 is 0 Å². The topological polar surface area (TPSA) is 3.24 Å². The second-order valence-electron chi connectivity index (χ2n) is 13.5. The molecule has 9 rings (SSSR count). The lowest BCUT2D eigenvalue weighted by atomic mass is 9.81. The van der Waals surface area contributed by atoms with E-state index in [2.05, 4.69) is 56.3 Å². The van der Waals surface area contributed by atoms with Crippen molar-refractivity contribution in [2.24, 2.45) is 0 Å². The van der Waals surface area contributed by atoms with Gasteiger partial charge >= 0.3 is 0 Å². The van der Waals surface area contributed by atoms with Gasteiger partial charge in [0.25, 0.3) is 0 Å². The third kappa shape index (κ3) is 5.71. The van der Waals surface area contributed by atoms with Crippen molar-refractivity contribution in [3.8, 4) is 55.6 Å². The van der Waals surface area contributed by atoms with Crippen LogP contribution in [0.5, 0.6) is 0 Å². The normalized spacial score (nSPS) is 15.3. The molecule has 1 nitrogen and oxygen atoms in total. The lowest BCUT2D eigenvalue weighted by Crippen LogP contribution is -2.14. The predicted octanol–water partition coefficient (Wildman–Crippen LogP) is 14.1. The highest BCUT2D eigenvalue weighted by atomic mass is 15.1. The summed E-state index contributed by atoms with van der Waals surface area (Å²) in [7, 11) is 0. The summed E-state index contributed by atoms with van der Waals surface area (Å²) in [6.07, 6.45) is 0. The zero-order chi connectivity index (χ0) is 43.8. The van der Waals surface area contributed by atoms with E-state index in [4.69, 9.17) is 13.7 Å². The molecule has 0 saturated carbocycles. The molecule has 1 aliphatic carbocycles. The van der Waals surface area contributed by atoms with Crippen LogP contribution in [0.4, 0.5) is 17.1 Å². The van der Waals surface area contributed by atoms with Gasteiger partial charge in [-0.25, -0.2) is 0 Å². The molecule has 0 aromatic heterocycles. The molecule has 0 aliphatic heterocycles. The van der Waals surface area contributed by atoms with Crippen LogP contribution in [-0.2, 0) is 5.41 Å². The summed E-state index contributed by atoms with van der Waals surface area (Å²) >= 11 is 0. The zero-order valence-corrected chi connectivity index (χ0v) is 28.7. The first-order chi connectivity index (χ1) is 29.7. The van der Waals surface area contributed by atoms with Crippen molar-refractivity contribution in [1.82, 2.24) is 0 Å². The lowest BCUT2D eigenvalue weighted by Gasteiger charge is -2.27. The fourth-order valence-corrected chi connectivity index (χ4v) is 7.39. The van der Waals surface area contributed by atoms with Crippen molar-refractivity contribution in [2.75, 3.05) is 4.90 Å². The zero-order valence-electron chi connectivity index (χ0n) is 38.7. The predicted molar refractivity (Wildman–Crippen MR) is 220 cm³/mol. The molecule has 8 aromatic rings. The minimum absolute atomic E-state index is 0.0807. The van der Waals surface area contributed by atoms with E-state index in [-0.39, 0.29) is 27.7 Å². The first-order valence-electron chi connectivity index (χ1n) is 22.3. The Morgan fingerprint density at radius 2 is 0.846 bits per heavy atom. The Hall–Kier alpha value is -6.44. The number of hydrogen-bond donors (Lipinski definition) is 0. The number of nitrogens with zero attached hydrogens (tertiary/aromatic N) is 1. The Labute approximate surface area is 321 Å². The van der Waals surface area contributed by atoms with Gasteiger partial charge in [0.1, 0.15) is 0 Å². The van der Waals surface area contributed by atoms with E-state index in [9.17, 15) is 0 Å². The molecule has 0 unspecified atom stereocenters. The molecule has 1 heteroatoms. The first kappa shape index (κ1) is 22.4. The molecule has 248 valence electrons. The van der Waals surface area contributed by atoms with Crippen LogP contribution in [0.15, 0.2) is 200 Å². The van der Waals surface area contributed by atoms with Crippen LogP contribution >= 0.6 is 0 Å². The van der Waals surface area contributed by atoms with Gasteiger partial charge in [0.15, 0.2) is 0 Å². The Morgan fingerprint density at radius 3 is 1.44 bits per heavy atom. The Bertz CT molecular complexity index is 2940. The number of hydrogen-bond acceptors (Lipinski definition) is 1. The van der Waals surface area contributed by atoms with E-state index in [0.29, 0.717) is 5.69 Å². The van der Waals surface area contributed by atoms with Crippen LogP contribution in [0.3, 0.4) is 0 Å². The largest absolute Gasteiger partial charge is 0.310 e. The fraction of sp³-hybridized carbons (Fsp3) is 0.0588. The summed E-state index contributed by atoms with van der Waals surface area (Å²) in [6.45, 7) is 4.51. The van der Waals surface area contributed by atoms with Crippen molar-refractivity contribution in [3.63, 3.8) is 0 Å². The lowest BCUT2D eigenvalue weighted by molar-refractivity contribution is 0.660. The third-order valence-corrected chi connectivity index (χ3v) is 10.0. The van der Waals surface area contributed by atoms with E-state index in [1.807, 2.05) is 83.8 Å². The molecule has 0 amide bonds. The summed E-state index contributed by atoms with van der Waals surface area (Å²) in [5.74, 6) is 0. The van der Waals surface area contributed by atoms with Crippen molar-refractivity contribution in [2.45, 2.75) is 19.3 Å². The van der Waals surface area contributed by atoms with Crippen molar-refractivity contribution in [3.05, 3.63) is 211 Å². The SMILES string of the molecule is [2H]c1c([2H])c([2H])c(-c2cc(-c3c([2H])c([2H])c([2H])c([2H])c3[2H])cc(N(c3ccc(-c4ccccc4)cc3)c3ccc(-c4ccc5c(c4)C(C)(C)c4ccccc4-5)cc3)c2)c([2H])c1[2H]. The average molecular weight is 676 g/mol. The standard InChI is InChI=1S/C51H39N/c1-51(2)49-21-13-12-20-47(49)48-31-26-41(35-50(48)51)40-24-29-45(30-25-40)52(44-27-22-39(23-28-44)36-14-6-3-7-15-36)46-33-42(37-16-8-4-9-17-37)32-43(34-46)38-18-10-5-11-19-38/h3-35H,1-2H3/i4D,5D,8D,9D,10D,11D,16D,17D,18D,19D. The Kier molecular flexibility index (Phi) is 5.61. The van der Waals surface area contributed by atoms with Crippen molar-refractivity contribution in [1.29, 1.82) is 0 Å². The minimum Gasteiger partial charge on any atom is -0.310 e. The number of benzene rings is 8. The van der Waals surface area contributed by atoms with Gasteiger partial charge in [0.05, 0.1) is 13.7 Å².